The van der Waals surface area contributed by atoms with E-state index in [1.807, 2.05) is 24.3 Å². The molecule has 4 heteroatoms. The third-order valence-electron chi connectivity index (χ3n) is 2.40. The fraction of sp³-hybridized carbons (Fsp3) is 0. The Morgan fingerprint density at radius 1 is 0.706 bits per heavy atom. The lowest BCUT2D eigenvalue weighted by Crippen LogP contribution is -2.01. The van der Waals surface area contributed by atoms with Crippen molar-refractivity contribution < 1.29 is 0 Å². The molecule has 0 aromatic heterocycles. The maximum Gasteiger partial charge on any atom is 0.0684 e. The van der Waals surface area contributed by atoms with Crippen molar-refractivity contribution in [3.8, 4) is 0 Å². The smallest absolute Gasteiger partial charge is 0.0684 e. The highest BCUT2D eigenvalue weighted by molar-refractivity contribution is 6.11. The van der Waals surface area contributed by atoms with E-state index in [-0.39, 0.29) is 12.4 Å². The molecule has 0 saturated carbocycles. The van der Waals surface area contributed by atoms with Gasteiger partial charge in [-0.2, -0.15) is 0 Å². The molecule has 0 atom stereocenters. The Hall–Kier alpha value is -2.00. The van der Waals surface area contributed by atoms with Gasteiger partial charge in [0.05, 0.1) is 5.71 Å². The van der Waals surface area contributed by atoms with Crippen LogP contribution in [0.5, 0.6) is 0 Å². The van der Waals surface area contributed by atoms with Gasteiger partial charge in [0.2, 0.25) is 0 Å². The third-order valence-corrected chi connectivity index (χ3v) is 2.40. The molecule has 2 aromatic rings. The average Bonchev–Trinajstić information content (AvgIpc) is 2.30. The van der Waals surface area contributed by atoms with Gasteiger partial charge in [0.1, 0.15) is 0 Å². The molecule has 88 valence electrons. The number of nitrogens with two attached hydrogens (primary N) is 2. The topological polar surface area (TPSA) is 75.9 Å². The van der Waals surface area contributed by atoms with Crippen LogP contribution in [0.3, 0.4) is 0 Å². The van der Waals surface area contributed by atoms with Crippen LogP contribution in [0.25, 0.3) is 0 Å². The van der Waals surface area contributed by atoms with Gasteiger partial charge in [-0.3, -0.25) is 5.41 Å². The van der Waals surface area contributed by atoms with Crippen molar-refractivity contribution in [1.29, 1.82) is 5.41 Å². The van der Waals surface area contributed by atoms with Crippen molar-refractivity contribution in [1.82, 2.24) is 0 Å². The standard InChI is InChI=1S/C13H13N3.ClH/c14-11-5-1-9(2-6-11)13(16)10-3-7-12(15)8-4-10;/h1-8,16H,14-15H2;1H. The van der Waals surface area contributed by atoms with Crippen LogP contribution in [0.15, 0.2) is 48.5 Å². The SMILES string of the molecule is Cl.N=C(c1ccc(N)cc1)c1ccc(N)cc1. The molecule has 0 fully saturated rings. The Kier molecular flexibility index (Phi) is 4.12. The second kappa shape index (κ2) is 5.37. The monoisotopic (exact) mass is 247 g/mol. The summed E-state index contributed by atoms with van der Waals surface area (Å²) in [5.41, 5.74) is 14.8. The number of halogens is 1. The van der Waals surface area contributed by atoms with Gasteiger partial charge in [-0.05, 0) is 24.3 Å². The number of hydrogen-bond acceptors (Lipinski definition) is 3. The van der Waals surface area contributed by atoms with E-state index in [1.54, 1.807) is 24.3 Å². The molecular weight excluding hydrogens is 234 g/mol. The molecule has 0 aliphatic carbocycles. The van der Waals surface area contributed by atoms with Gasteiger partial charge in [-0.25, -0.2) is 0 Å². The highest BCUT2D eigenvalue weighted by atomic mass is 35.5. The first-order valence-electron chi connectivity index (χ1n) is 4.97. The van der Waals surface area contributed by atoms with Crippen LogP contribution in [0.1, 0.15) is 11.1 Å². The van der Waals surface area contributed by atoms with E-state index in [2.05, 4.69) is 0 Å². The summed E-state index contributed by atoms with van der Waals surface area (Å²) in [6, 6.07) is 14.5. The summed E-state index contributed by atoms with van der Waals surface area (Å²) >= 11 is 0. The largest absolute Gasteiger partial charge is 0.399 e. The van der Waals surface area contributed by atoms with E-state index in [9.17, 15) is 0 Å². The predicted octanol–water partition coefficient (Wildman–Crippen LogP) is 2.69. The van der Waals surface area contributed by atoms with Crippen molar-refractivity contribution in [3.05, 3.63) is 59.7 Å². The number of hydrogen-bond donors (Lipinski definition) is 3. The quantitative estimate of drug-likeness (QED) is 0.564. The maximum atomic E-state index is 8.03. The predicted molar refractivity (Wildman–Crippen MR) is 74.9 cm³/mol. The van der Waals surface area contributed by atoms with Crippen LogP contribution in [0.2, 0.25) is 0 Å². The van der Waals surface area contributed by atoms with Gasteiger partial charge in [-0.15, -0.1) is 12.4 Å². The Morgan fingerprint density at radius 2 is 1.00 bits per heavy atom. The Labute approximate surface area is 106 Å². The zero-order chi connectivity index (χ0) is 11.5. The van der Waals surface area contributed by atoms with Gasteiger partial charge in [-0.1, -0.05) is 24.3 Å². The van der Waals surface area contributed by atoms with Gasteiger partial charge in [0.15, 0.2) is 0 Å². The Balaban J connectivity index is 0.00000144. The minimum absolute atomic E-state index is 0. The molecule has 0 saturated heterocycles. The normalized spacial score (nSPS) is 9.41. The number of nitrogen functional groups attached to an aromatic ring is 2. The summed E-state index contributed by atoms with van der Waals surface area (Å²) in [4.78, 5) is 0. The van der Waals surface area contributed by atoms with Crippen LogP contribution < -0.4 is 11.5 Å². The summed E-state index contributed by atoms with van der Waals surface area (Å²) < 4.78 is 0. The molecule has 5 N–H and O–H groups in total. The van der Waals surface area contributed by atoms with E-state index < -0.39 is 0 Å². The summed E-state index contributed by atoms with van der Waals surface area (Å²) in [6.07, 6.45) is 0. The minimum atomic E-state index is 0. The maximum absolute atomic E-state index is 8.03. The molecule has 0 radical (unpaired) electrons. The van der Waals surface area contributed by atoms with Crippen LogP contribution in [0, 0.1) is 5.41 Å². The second-order valence-corrected chi connectivity index (χ2v) is 3.62. The van der Waals surface area contributed by atoms with Crippen molar-refractivity contribution in [2.24, 2.45) is 0 Å². The first kappa shape index (κ1) is 13.1. The Bertz CT molecular complexity index is 456. The van der Waals surface area contributed by atoms with Crippen LogP contribution >= 0.6 is 12.4 Å². The van der Waals surface area contributed by atoms with Crippen LogP contribution in [-0.2, 0) is 0 Å². The molecule has 0 aliphatic heterocycles. The summed E-state index contributed by atoms with van der Waals surface area (Å²) in [6.45, 7) is 0. The number of nitrogens with one attached hydrogen (secondary N) is 1. The van der Waals surface area contributed by atoms with E-state index in [0.29, 0.717) is 17.1 Å². The summed E-state index contributed by atoms with van der Waals surface area (Å²) in [7, 11) is 0. The van der Waals surface area contributed by atoms with E-state index in [1.165, 1.54) is 0 Å². The number of anilines is 2. The molecule has 0 unspecified atom stereocenters. The van der Waals surface area contributed by atoms with Gasteiger partial charge in [0, 0.05) is 22.5 Å². The van der Waals surface area contributed by atoms with Crippen LogP contribution in [-0.4, -0.2) is 5.71 Å². The lowest BCUT2D eigenvalue weighted by atomic mass is 10.0. The van der Waals surface area contributed by atoms with E-state index in [0.717, 1.165) is 11.1 Å². The molecule has 3 nitrogen and oxygen atoms in total. The highest BCUT2D eigenvalue weighted by Crippen LogP contribution is 2.13. The summed E-state index contributed by atoms with van der Waals surface area (Å²) in [5, 5.41) is 8.03. The van der Waals surface area contributed by atoms with Gasteiger partial charge in [0.25, 0.3) is 0 Å². The molecule has 0 spiro atoms. The molecule has 0 heterocycles. The first-order valence-corrected chi connectivity index (χ1v) is 4.97. The first-order chi connectivity index (χ1) is 7.66. The van der Waals surface area contributed by atoms with Crippen LogP contribution in [0.4, 0.5) is 11.4 Å². The number of benzene rings is 2. The van der Waals surface area contributed by atoms with Crippen molar-refractivity contribution in [2.45, 2.75) is 0 Å². The molecule has 2 aromatic carbocycles. The zero-order valence-corrected chi connectivity index (χ0v) is 10.00. The molecule has 0 amide bonds. The molecule has 0 bridgehead atoms. The minimum Gasteiger partial charge on any atom is -0.399 e. The van der Waals surface area contributed by atoms with Gasteiger partial charge >= 0.3 is 0 Å². The van der Waals surface area contributed by atoms with E-state index in [4.69, 9.17) is 16.9 Å². The lowest BCUT2D eigenvalue weighted by Gasteiger charge is -2.05. The zero-order valence-electron chi connectivity index (χ0n) is 9.18. The third kappa shape index (κ3) is 2.98. The fourth-order valence-corrected chi connectivity index (χ4v) is 1.47. The molecular formula is C13H14ClN3. The summed E-state index contributed by atoms with van der Waals surface area (Å²) in [5.74, 6) is 0. The Morgan fingerprint density at radius 3 is 1.29 bits per heavy atom. The molecule has 0 aliphatic rings. The fourth-order valence-electron chi connectivity index (χ4n) is 1.47. The van der Waals surface area contributed by atoms with Crippen molar-refractivity contribution in [2.75, 3.05) is 11.5 Å². The molecule has 2 rings (SSSR count). The van der Waals surface area contributed by atoms with Gasteiger partial charge < -0.3 is 11.5 Å². The van der Waals surface area contributed by atoms with E-state index >= 15 is 0 Å². The van der Waals surface area contributed by atoms with Crippen molar-refractivity contribution >= 4 is 29.5 Å². The lowest BCUT2D eigenvalue weighted by molar-refractivity contribution is 1.46. The average molecular weight is 248 g/mol. The number of rotatable bonds is 2. The second-order valence-electron chi connectivity index (χ2n) is 3.62. The highest BCUT2D eigenvalue weighted by Gasteiger charge is 2.03. The van der Waals surface area contributed by atoms with Crippen molar-refractivity contribution in [3.63, 3.8) is 0 Å². The molecule has 17 heavy (non-hydrogen) atoms.